The van der Waals surface area contributed by atoms with Gasteiger partial charge in [0.05, 0.1) is 6.04 Å². The third-order valence-electron chi connectivity index (χ3n) is 3.39. The predicted octanol–water partition coefficient (Wildman–Crippen LogP) is 1.23. The Morgan fingerprint density at radius 1 is 1.21 bits per heavy atom. The maximum absolute atomic E-state index is 12.1. The number of hydrogen-bond acceptors (Lipinski definition) is 2. The summed E-state index contributed by atoms with van der Waals surface area (Å²) in [5.41, 5.74) is 1.09. The summed E-state index contributed by atoms with van der Waals surface area (Å²) in [5, 5.41) is 2.98. The fraction of sp³-hybridized carbons (Fsp3) is 0.429. The van der Waals surface area contributed by atoms with Crippen LogP contribution in [0.3, 0.4) is 0 Å². The van der Waals surface area contributed by atoms with Gasteiger partial charge in [0.15, 0.2) is 0 Å². The molecule has 0 aliphatic carbocycles. The lowest BCUT2D eigenvalue weighted by Gasteiger charge is -2.33. The quantitative estimate of drug-likeness (QED) is 0.832. The highest BCUT2D eigenvalue weighted by atomic mass is 16.2. The van der Waals surface area contributed by atoms with E-state index in [4.69, 9.17) is 0 Å². The van der Waals surface area contributed by atoms with E-state index in [9.17, 15) is 9.59 Å². The van der Waals surface area contributed by atoms with Crippen molar-refractivity contribution in [2.75, 3.05) is 26.2 Å². The van der Waals surface area contributed by atoms with E-state index in [1.54, 1.807) is 9.80 Å². The van der Waals surface area contributed by atoms with Gasteiger partial charge in [-0.15, -0.1) is 0 Å². The molecule has 1 unspecified atom stereocenters. The van der Waals surface area contributed by atoms with Crippen LogP contribution in [0.5, 0.6) is 0 Å². The van der Waals surface area contributed by atoms with E-state index in [1.165, 1.54) is 0 Å². The highest BCUT2D eigenvalue weighted by Crippen LogP contribution is 2.12. The van der Waals surface area contributed by atoms with Gasteiger partial charge in [-0.2, -0.15) is 0 Å². The molecule has 1 aliphatic rings. The lowest BCUT2D eigenvalue weighted by molar-refractivity contribution is -0.119. The van der Waals surface area contributed by atoms with Crippen LogP contribution in [0.15, 0.2) is 30.3 Å². The Kier molecular flexibility index (Phi) is 4.39. The van der Waals surface area contributed by atoms with Gasteiger partial charge in [-0.25, -0.2) is 4.79 Å². The van der Waals surface area contributed by atoms with Gasteiger partial charge in [-0.3, -0.25) is 4.79 Å². The number of amides is 3. The van der Waals surface area contributed by atoms with Gasteiger partial charge in [0, 0.05) is 26.2 Å². The van der Waals surface area contributed by atoms with Crippen LogP contribution in [0.4, 0.5) is 4.79 Å². The minimum absolute atomic E-state index is 0.0159. The Labute approximate surface area is 113 Å². The van der Waals surface area contributed by atoms with E-state index < -0.39 is 0 Å². The fourth-order valence-corrected chi connectivity index (χ4v) is 2.13. The first-order valence-corrected chi connectivity index (χ1v) is 6.50. The first kappa shape index (κ1) is 13.4. The van der Waals surface area contributed by atoms with Gasteiger partial charge < -0.3 is 15.1 Å². The van der Waals surface area contributed by atoms with Crippen LogP contribution in [0.25, 0.3) is 0 Å². The van der Waals surface area contributed by atoms with Crippen molar-refractivity contribution in [1.29, 1.82) is 0 Å². The molecule has 1 fully saturated rings. The van der Waals surface area contributed by atoms with Crippen molar-refractivity contribution in [1.82, 2.24) is 15.1 Å². The third kappa shape index (κ3) is 3.47. The molecule has 1 heterocycles. The predicted molar refractivity (Wildman–Crippen MR) is 72.6 cm³/mol. The summed E-state index contributed by atoms with van der Waals surface area (Å²) in [7, 11) is 0. The van der Waals surface area contributed by atoms with Crippen LogP contribution in [-0.2, 0) is 4.79 Å². The summed E-state index contributed by atoms with van der Waals surface area (Å²) in [6, 6.07) is 9.78. The number of benzene rings is 1. The van der Waals surface area contributed by atoms with Crippen LogP contribution in [0, 0.1) is 0 Å². The second-order valence-electron chi connectivity index (χ2n) is 4.71. The van der Waals surface area contributed by atoms with Crippen molar-refractivity contribution in [2.45, 2.75) is 13.0 Å². The molecule has 3 amide bonds. The molecule has 0 spiro atoms. The minimum Gasteiger partial charge on any atom is -0.342 e. The van der Waals surface area contributed by atoms with Gasteiger partial charge in [0.1, 0.15) is 0 Å². The molecule has 1 aromatic carbocycles. The molecule has 5 heteroatoms. The standard InChI is InChI=1S/C14H19N3O2/c1-12(13-5-3-2-4-6-13)15-14(19)17-9-7-16(11-18)8-10-17/h2-6,11-12H,7-10H2,1H3,(H,15,19). The van der Waals surface area contributed by atoms with Crippen molar-refractivity contribution in [3.63, 3.8) is 0 Å². The zero-order chi connectivity index (χ0) is 13.7. The number of piperazine rings is 1. The fourth-order valence-electron chi connectivity index (χ4n) is 2.13. The van der Waals surface area contributed by atoms with Crippen LogP contribution in [-0.4, -0.2) is 48.4 Å². The van der Waals surface area contributed by atoms with Crippen LogP contribution in [0.1, 0.15) is 18.5 Å². The number of nitrogens with one attached hydrogen (secondary N) is 1. The minimum atomic E-state index is -0.0677. The van der Waals surface area contributed by atoms with Crippen LogP contribution >= 0.6 is 0 Å². The van der Waals surface area contributed by atoms with Crippen molar-refractivity contribution >= 4 is 12.4 Å². The molecule has 1 aliphatic heterocycles. The van der Waals surface area contributed by atoms with Gasteiger partial charge in [-0.05, 0) is 12.5 Å². The van der Waals surface area contributed by atoms with Crippen molar-refractivity contribution in [3.05, 3.63) is 35.9 Å². The molecular formula is C14H19N3O2. The largest absolute Gasteiger partial charge is 0.342 e. The molecular weight excluding hydrogens is 242 g/mol. The number of carbonyl (C=O) groups excluding carboxylic acids is 2. The first-order valence-electron chi connectivity index (χ1n) is 6.50. The molecule has 5 nitrogen and oxygen atoms in total. The second kappa shape index (κ2) is 6.22. The number of nitrogens with zero attached hydrogens (tertiary/aromatic N) is 2. The average Bonchev–Trinajstić information content (AvgIpc) is 2.48. The Morgan fingerprint density at radius 3 is 2.42 bits per heavy atom. The molecule has 19 heavy (non-hydrogen) atoms. The molecule has 1 aromatic rings. The van der Waals surface area contributed by atoms with Gasteiger partial charge in [0.2, 0.25) is 6.41 Å². The SMILES string of the molecule is CC(NC(=O)N1CCN(C=O)CC1)c1ccccc1. The summed E-state index contributed by atoms with van der Waals surface area (Å²) >= 11 is 0. The normalized spacial score (nSPS) is 16.9. The van der Waals surface area contributed by atoms with Crippen LogP contribution < -0.4 is 5.32 Å². The Balaban J connectivity index is 1.86. The molecule has 2 rings (SSSR count). The first-order chi connectivity index (χ1) is 9.20. The van der Waals surface area contributed by atoms with Gasteiger partial charge in [-0.1, -0.05) is 30.3 Å². The lowest BCUT2D eigenvalue weighted by atomic mass is 10.1. The van der Waals surface area contributed by atoms with E-state index in [2.05, 4.69) is 5.32 Å². The molecule has 0 aromatic heterocycles. The molecule has 1 atom stereocenters. The number of hydrogen-bond donors (Lipinski definition) is 1. The van der Waals surface area contributed by atoms with Gasteiger partial charge >= 0.3 is 6.03 Å². The highest BCUT2D eigenvalue weighted by molar-refractivity contribution is 5.75. The zero-order valence-corrected chi connectivity index (χ0v) is 11.1. The van der Waals surface area contributed by atoms with E-state index in [0.29, 0.717) is 26.2 Å². The molecule has 0 saturated carbocycles. The average molecular weight is 261 g/mol. The summed E-state index contributed by atoms with van der Waals surface area (Å²) in [6.07, 6.45) is 0.835. The summed E-state index contributed by atoms with van der Waals surface area (Å²) in [4.78, 5) is 26.1. The number of carbonyl (C=O) groups is 2. The number of rotatable bonds is 3. The molecule has 102 valence electrons. The monoisotopic (exact) mass is 261 g/mol. The highest BCUT2D eigenvalue weighted by Gasteiger charge is 2.21. The third-order valence-corrected chi connectivity index (χ3v) is 3.39. The van der Waals surface area contributed by atoms with Crippen molar-refractivity contribution in [2.24, 2.45) is 0 Å². The Hall–Kier alpha value is -2.04. The maximum Gasteiger partial charge on any atom is 0.317 e. The van der Waals surface area contributed by atoms with E-state index >= 15 is 0 Å². The smallest absolute Gasteiger partial charge is 0.317 e. The number of urea groups is 1. The van der Waals surface area contributed by atoms with E-state index in [1.807, 2.05) is 37.3 Å². The van der Waals surface area contributed by atoms with E-state index in [0.717, 1.165) is 12.0 Å². The summed E-state index contributed by atoms with van der Waals surface area (Å²) in [6.45, 7) is 4.36. The van der Waals surface area contributed by atoms with E-state index in [-0.39, 0.29) is 12.1 Å². The van der Waals surface area contributed by atoms with Crippen LogP contribution in [0.2, 0.25) is 0 Å². The zero-order valence-electron chi connectivity index (χ0n) is 11.1. The van der Waals surface area contributed by atoms with Crippen molar-refractivity contribution in [3.8, 4) is 0 Å². The van der Waals surface area contributed by atoms with Gasteiger partial charge in [0.25, 0.3) is 0 Å². The Bertz CT molecular complexity index is 428. The Morgan fingerprint density at radius 2 is 1.84 bits per heavy atom. The molecule has 0 bridgehead atoms. The maximum atomic E-state index is 12.1. The molecule has 0 radical (unpaired) electrons. The van der Waals surface area contributed by atoms with Crippen molar-refractivity contribution < 1.29 is 9.59 Å². The topological polar surface area (TPSA) is 52.7 Å². The summed E-state index contributed by atoms with van der Waals surface area (Å²) < 4.78 is 0. The molecule has 1 saturated heterocycles. The summed E-state index contributed by atoms with van der Waals surface area (Å²) in [5.74, 6) is 0. The lowest BCUT2D eigenvalue weighted by Crippen LogP contribution is -2.51. The molecule has 1 N–H and O–H groups in total. The second-order valence-corrected chi connectivity index (χ2v) is 4.71.